The number of amides is 2. The Hall–Kier alpha value is -1.34. The van der Waals surface area contributed by atoms with E-state index >= 15 is 0 Å². The van der Waals surface area contributed by atoms with Gasteiger partial charge >= 0.3 is 11.8 Å². The lowest BCUT2D eigenvalue weighted by Crippen LogP contribution is -2.62. The number of carbonyl (C=O) groups is 2. The number of carbonyl (C=O) groups excluding carboxylic acids is 2. The Morgan fingerprint density at radius 2 is 1.07 bits per heavy atom. The van der Waals surface area contributed by atoms with Crippen LogP contribution in [0.25, 0.3) is 0 Å². The van der Waals surface area contributed by atoms with Gasteiger partial charge in [0.15, 0.2) is 0 Å². The largest absolute Gasteiger partial charge is 0.395 e. The molecule has 4 saturated carbocycles. The lowest BCUT2D eigenvalue weighted by molar-refractivity contribution is -0.212. The van der Waals surface area contributed by atoms with Crippen molar-refractivity contribution in [2.24, 2.45) is 35.5 Å². The third-order valence-corrected chi connectivity index (χ3v) is 8.55. The van der Waals surface area contributed by atoms with Crippen molar-refractivity contribution in [2.75, 3.05) is 0 Å². The zero-order chi connectivity index (χ0) is 21.8. The van der Waals surface area contributed by atoms with Gasteiger partial charge in [-0.25, -0.2) is 0 Å². The zero-order valence-corrected chi connectivity index (χ0v) is 17.6. The first-order valence-corrected chi connectivity index (χ1v) is 11.4. The summed E-state index contributed by atoms with van der Waals surface area (Å²) >= 11 is 0. The molecule has 8 heteroatoms. The zero-order valence-electron chi connectivity index (χ0n) is 17.6. The second-order valence-electron chi connectivity index (χ2n) is 10.4. The highest BCUT2D eigenvalue weighted by molar-refractivity contribution is 5.95. The molecular weight excluding hydrogens is 400 g/mol. The van der Waals surface area contributed by atoms with Crippen LogP contribution in [0.1, 0.15) is 65.2 Å². The number of hydrogen-bond acceptors (Lipinski definition) is 2. The van der Waals surface area contributed by atoms with Crippen molar-refractivity contribution < 1.29 is 27.2 Å². The Balaban J connectivity index is 1.36. The average molecular weight is 433 g/mol. The molecule has 2 amide bonds. The molecule has 0 aliphatic heterocycles. The van der Waals surface area contributed by atoms with Crippen molar-refractivity contribution in [2.45, 2.75) is 89.1 Å². The summed E-state index contributed by atoms with van der Waals surface area (Å²) in [7, 11) is 0. The molecular formula is C22H32F4N2O2. The molecule has 0 radical (unpaired) electrons. The molecule has 0 heterocycles. The number of rotatable bonds is 7. The normalized spacial score (nSPS) is 37.3. The van der Waals surface area contributed by atoms with Crippen LogP contribution in [-0.2, 0) is 9.59 Å². The monoisotopic (exact) mass is 432 g/mol. The smallest absolute Gasteiger partial charge is 0.348 e. The van der Waals surface area contributed by atoms with Crippen LogP contribution < -0.4 is 10.6 Å². The summed E-state index contributed by atoms with van der Waals surface area (Å²) in [5.74, 6) is -12.5. The molecule has 0 spiro atoms. The van der Waals surface area contributed by atoms with Crippen LogP contribution in [0.4, 0.5) is 17.6 Å². The molecule has 0 saturated heterocycles. The highest BCUT2D eigenvalue weighted by atomic mass is 19.3. The van der Waals surface area contributed by atoms with Gasteiger partial charge in [0.1, 0.15) is 0 Å². The van der Waals surface area contributed by atoms with Crippen LogP contribution in [-0.4, -0.2) is 35.7 Å². The minimum absolute atomic E-state index is 0.0313. The van der Waals surface area contributed by atoms with Crippen molar-refractivity contribution in [1.82, 2.24) is 10.6 Å². The van der Waals surface area contributed by atoms with Gasteiger partial charge in [-0.3, -0.25) is 9.59 Å². The summed E-state index contributed by atoms with van der Waals surface area (Å²) in [4.78, 5) is 24.2. The van der Waals surface area contributed by atoms with E-state index in [4.69, 9.17) is 0 Å². The topological polar surface area (TPSA) is 58.2 Å². The summed E-state index contributed by atoms with van der Waals surface area (Å²) in [6.07, 6.45) is 7.89. The van der Waals surface area contributed by atoms with Crippen molar-refractivity contribution >= 4 is 11.8 Å². The van der Waals surface area contributed by atoms with E-state index in [2.05, 4.69) is 10.6 Å². The fourth-order valence-corrected chi connectivity index (χ4v) is 6.91. The molecule has 4 nitrogen and oxygen atoms in total. The Kier molecular flexibility index (Phi) is 5.59. The molecule has 4 bridgehead atoms. The van der Waals surface area contributed by atoms with Gasteiger partial charge in [-0.15, -0.1) is 0 Å². The number of alkyl halides is 4. The fourth-order valence-electron chi connectivity index (χ4n) is 6.91. The third-order valence-electron chi connectivity index (χ3n) is 8.55. The van der Waals surface area contributed by atoms with E-state index in [0.29, 0.717) is 23.7 Å². The first-order valence-electron chi connectivity index (χ1n) is 11.4. The number of nitrogens with one attached hydrogen (secondary N) is 2. The first-order chi connectivity index (χ1) is 14.0. The molecule has 0 aromatic carbocycles. The van der Waals surface area contributed by atoms with Crippen molar-refractivity contribution in [3.63, 3.8) is 0 Å². The second-order valence-corrected chi connectivity index (χ2v) is 10.4. The van der Waals surface area contributed by atoms with Gasteiger partial charge in [-0.2, -0.15) is 17.6 Å². The van der Waals surface area contributed by atoms with Crippen LogP contribution in [0.3, 0.4) is 0 Å². The molecule has 4 aliphatic rings. The molecule has 8 atom stereocenters. The van der Waals surface area contributed by atoms with E-state index in [0.717, 1.165) is 51.4 Å². The number of fused-ring (bicyclic) bond motifs is 4. The third kappa shape index (κ3) is 3.62. The van der Waals surface area contributed by atoms with Gasteiger partial charge in [-0.05, 0) is 87.9 Å². The Bertz CT molecular complexity index is 643. The fraction of sp³-hybridized carbons (Fsp3) is 0.909. The molecule has 4 rings (SSSR count). The molecule has 2 N–H and O–H groups in total. The summed E-state index contributed by atoms with van der Waals surface area (Å²) in [5.41, 5.74) is 0. The number of hydrogen-bond donors (Lipinski definition) is 2. The molecule has 170 valence electrons. The summed E-state index contributed by atoms with van der Waals surface area (Å²) < 4.78 is 57.7. The SMILES string of the molecule is C[C@H](NC(=O)C(F)(F)C(F)(F)C(=O)N[C@H](C)[C@H]1C[C@@H]2CC[C@@H]1C2)[C@@H]1C[C@@H]2CC[C@@H]1C2. The van der Waals surface area contributed by atoms with Gasteiger partial charge < -0.3 is 10.6 Å². The van der Waals surface area contributed by atoms with Crippen LogP contribution in [0.15, 0.2) is 0 Å². The summed E-state index contributed by atoms with van der Waals surface area (Å²) in [6, 6.07) is -1.24. The van der Waals surface area contributed by atoms with E-state index in [1.807, 2.05) is 0 Å². The summed E-state index contributed by atoms with van der Waals surface area (Å²) in [5, 5.41) is 4.18. The van der Waals surface area contributed by atoms with E-state index in [9.17, 15) is 27.2 Å². The summed E-state index contributed by atoms with van der Waals surface area (Å²) in [6.45, 7) is 3.18. The predicted octanol–water partition coefficient (Wildman–Crippen LogP) is 4.14. The number of halogens is 4. The van der Waals surface area contributed by atoms with Gasteiger partial charge in [0, 0.05) is 12.1 Å². The van der Waals surface area contributed by atoms with Gasteiger partial charge in [0.05, 0.1) is 0 Å². The highest BCUT2D eigenvalue weighted by Crippen LogP contribution is 2.50. The molecule has 0 aromatic rings. The quantitative estimate of drug-likeness (QED) is 0.594. The maximum absolute atomic E-state index is 14.4. The second kappa shape index (κ2) is 7.66. The maximum Gasteiger partial charge on any atom is 0.395 e. The lowest BCUT2D eigenvalue weighted by Gasteiger charge is -2.33. The van der Waals surface area contributed by atoms with Crippen LogP contribution in [0.2, 0.25) is 0 Å². The minimum Gasteiger partial charge on any atom is -0.348 e. The minimum atomic E-state index is -5.10. The van der Waals surface area contributed by atoms with Gasteiger partial charge in [-0.1, -0.05) is 12.8 Å². The highest BCUT2D eigenvalue weighted by Gasteiger charge is 2.67. The Morgan fingerprint density at radius 3 is 1.33 bits per heavy atom. The predicted molar refractivity (Wildman–Crippen MR) is 103 cm³/mol. The molecule has 0 aromatic heterocycles. The Morgan fingerprint density at radius 1 is 0.700 bits per heavy atom. The van der Waals surface area contributed by atoms with Crippen molar-refractivity contribution in [3.8, 4) is 0 Å². The van der Waals surface area contributed by atoms with E-state index in [1.165, 1.54) is 0 Å². The van der Waals surface area contributed by atoms with E-state index < -0.39 is 35.7 Å². The van der Waals surface area contributed by atoms with Gasteiger partial charge in [0.2, 0.25) is 0 Å². The average Bonchev–Trinajstić information content (AvgIpc) is 3.47. The van der Waals surface area contributed by atoms with Gasteiger partial charge in [0.25, 0.3) is 11.8 Å². The maximum atomic E-state index is 14.4. The standard InChI is InChI=1S/C22H32F4N2O2/c1-11(17-9-13-3-5-15(17)7-13)27-19(29)21(23,24)22(25,26)20(30)28-12(2)18-10-14-4-6-16(18)8-14/h11-18H,3-10H2,1-2H3,(H,27,29)(H,28,30)/t11-,12+,13-,14-,15-,16-,17-,18+/m1/s1. The lowest BCUT2D eigenvalue weighted by atomic mass is 9.83. The van der Waals surface area contributed by atoms with Crippen LogP contribution in [0, 0.1) is 35.5 Å². The molecule has 30 heavy (non-hydrogen) atoms. The Labute approximate surface area is 174 Å². The molecule has 0 unspecified atom stereocenters. The van der Waals surface area contributed by atoms with E-state index in [-0.39, 0.29) is 11.8 Å². The van der Waals surface area contributed by atoms with E-state index in [1.54, 1.807) is 13.8 Å². The molecule has 4 aliphatic carbocycles. The van der Waals surface area contributed by atoms with Crippen molar-refractivity contribution in [1.29, 1.82) is 0 Å². The van der Waals surface area contributed by atoms with Crippen molar-refractivity contribution in [3.05, 3.63) is 0 Å². The first kappa shape index (κ1) is 21.9. The van der Waals surface area contributed by atoms with Crippen LogP contribution >= 0.6 is 0 Å². The van der Waals surface area contributed by atoms with Crippen LogP contribution in [0.5, 0.6) is 0 Å². The molecule has 4 fully saturated rings.